The van der Waals surface area contributed by atoms with Crippen molar-refractivity contribution in [2.45, 2.75) is 0 Å². The topological polar surface area (TPSA) is 114 Å². The van der Waals surface area contributed by atoms with Gasteiger partial charge in [-0.2, -0.15) is 4.98 Å². The molecular formula is C11H15N3O6. The van der Waals surface area contributed by atoms with E-state index in [1.54, 1.807) is 4.90 Å². The quantitative estimate of drug-likeness (QED) is 0.667. The fourth-order valence-electron chi connectivity index (χ4n) is 1.68. The van der Waals surface area contributed by atoms with Gasteiger partial charge in [-0.05, 0) is 0 Å². The first-order chi connectivity index (χ1) is 9.61. The third-order valence-electron chi connectivity index (χ3n) is 2.72. The predicted octanol–water partition coefficient (Wildman–Crippen LogP) is -1.14. The molecule has 0 radical (unpaired) electrons. The Labute approximate surface area is 114 Å². The van der Waals surface area contributed by atoms with E-state index in [0.717, 1.165) is 0 Å². The average molecular weight is 285 g/mol. The number of anilines is 1. The van der Waals surface area contributed by atoms with E-state index >= 15 is 0 Å². The van der Waals surface area contributed by atoms with E-state index in [1.165, 1.54) is 7.11 Å². The zero-order chi connectivity index (χ0) is 14.5. The maximum Gasteiger partial charge on any atom is 0.343 e. The number of esters is 1. The summed E-state index contributed by atoms with van der Waals surface area (Å²) in [6.45, 7) is 1.68. The van der Waals surface area contributed by atoms with E-state index in [-0.39, 0.29) is 5.95 Å². The van der Waals surface area contributed by atoms with Crippen LogP contribution in [0, 0.1) is 0 Å². The molecule has 0 saturated carbocycles. The van der Waals surface area contributed by atoms with Crippen molar-refractivity contribution in [3.8, 4) is 11.6 Å². The third-order valence-corrected chi connectivity index (χ3v) is 2.72. The van der Waals surface area contributed by atoms with Gasteiger partial charge in [-0.3, -0.25) is 9.78 Å². The zero-order valence-electron chi connectivity index (χ0n) is 10.9. The van der Waals surface area contributed by atoms with Crippen molar-refractivity contribution < 1.29 is 24.1 Å². The minimum absolute atomic E-state index is 0.237. The lowest BCUT2D eigenvalue weighted by molar-refractivity contribution is -0.142. The molecule has 0 aromatic carbocycles. The van der Waals surface area contributed by atoms with Gasteiger partial charge in [0, 0.05) is 13.1 Å². The van der Waals surface area contributed by atoms with Gasteiger partial charge in [0.05, 0.1) is 20.3 Å². The number of carbonyl (C=O) groups is 1. The van der Waals surface area contributed by atoms with Crippen LogP contribution >= 0.6 is 0 Å². The second-order valence-corrected chi connectivity index (χ2v) is 4.01. The molecule has 9 nitrogen and oxygen atoms in total. The Balaban J connectivity index is 2.15. The molecule has 1 saturated heterocycles. The lowest BCUT2D eigenvalue weighted by Crippen LogP contribution is -2.38. The number of aromatic amines is 1. The molecule has 110 valence electrons. The molecule has 0 aliphatic carbocycles. The number of morpholine rings is 1. The first-order valence-corrected chi connectivity index (χ1v) is 5.97. The van der Waals surface area contributed by atoms with Crippen LogP contribution < -0.4 is 15.2 Å². The van der Waals surface area contributed by atoms with Crippen LogP contribution in [-0.4, -0.2) is 61.1 Å². The summed E-state index contributed by atoms with van der Waals surface area (Å²) in [7, 11) is 1.19. The third kappa shape index (κ3) is 3.18. The molecule has 1 fully saturated rings. The number of carbonyl (C=O) groups excluding carboxylic acids is 1. The molecule has 0 amide bonds. The highest BCUT2D eigenvalue weighted by molar-refractivity contribution is 5.70. The lowest BCUT2D eigenvalue weighted by Gasteiger charge is -2.27. The van der Waals surface area contributed by atoms with Crippen molar-refractivity contribution >= 4 is 11.9 Å². The molecule has 1 aliphatic heterocycles. The molecule has 1 aromatic rings. The SMILES string of the molecule is COC(=O)COc1c(O)nc(N2CCOCC2)[nH]c1=O. The Morgan fingerprint density at radius 2 is 2.20 bits per heavy atom. The minimum atomic E-state index is -0.666. The summed E-state index contributed by atoms with van der Waals surface area (Å²) >= 11 is 0. The van der Waals surface area contributed by atoms with Crippen LogP contribution in [-0.2, 0) is 14.3 Å². The number of aromatic hydroxyl groups is 1. The highest BCUT2D eigenvalue weighted by Gasteiger charge is 2.19. The zero-order valence-corrected chi connectivity index (χ0v) is 10.9. The van der Waals surface area contributed by atoms with E-state index in [9.17, 15) is 14.7 Å². The summed E-state index contributed by atoms with van der Waals surface area (Å²) in [5.41, 5.74) is -0.664. The maximum absolute atomic E-state index is 11.8. The summed E-state index contributed by atoms with van der Waals surface area (Å²) < 4.78 is 14.4. The molecule has 1 aliphatic rings. The molecule has 0 unspecified atom stereocenters. The van der Waals surface area contributed by atoms with E-state index < -0.39 is 29.8 Å². The van der Waals surface area contributed by atoms with Crippen LogP contribution in [0.2, 0.25) is 0 Å². The van der Waals surface area contributed by atoms with Crippen molar-refractivity contribution in [1.82, 2.24) is 9.97 Å². The Kier molecular flexibility index (Phi) is 4.41. The molecule has 1 aromatic heterocycles. The Morgan fingerprint density at radius 1 is 1.50 bits per heavy atom. The number of aromatic nitrogens is 2. The van der Waals surface area contributed by atoms with Gasteiger partial charge in [0.1, 0.15) is 0 Å². The van der Waals surface area contributed by atoms with Gasteiger partial charge in [0.2, 0.25) is 11.7 Å². The van der Waals surface area contributed by atoms with E-state index in [0.29, 0.717) is 26.3 Å². The first kappa shape index (κ1) is 14.1. The predicted molar refractivity (Wildman–Crippen MR) is 67.1 cm³/mol. The van der Waals surface area contributed by atoms with E-state index in [1.807, 2.05) is 0 Å². The normalized spacial score (nSPS) is 14.9. The number of hydrogen-bond donors (Lipinski definition) is 2. The average Bonchev–Trinajstić information content (AvgIpc) is 2.46. The van der Waals surface area contributed by atoms with Crippen LogP contribution in [0.4, 0.5) is 5.95 Å². The summed E-state index contributed by atoms with van der Waals surface area (Å²) in [6, 6.07) is 0. The largest absolute Gasteiger partial charge is 0.490 e. The highest BCUT2D eigenvalue weighted by Crippen LogP contribution is 2.20. The molecule has 0 bridgehead atoms. The van der Waals surface area contributed by atoms with Gasteiger partial charge >= 0.3 is 5.97 Å². The van der Waals surface area contributed by atoms with Crippen LogP contribution in [0.15, 0.2) is 4.79 Å². The van der Waals surface area contributed by atoms with Gasteiger partial charge < -0.3 is 24.2 Å². The Hall–Kier alpha value is -2.29. The smallest absolute Gasteiger partial charge is 0.343 e. The lowest BCUT2D eigenvalue weighted by atomic mass is 10.4. The highest BCUT2D eigenvalue weighted by atomic mass is 16.6. The molecular weight excluding hydrogens is 270 g/mol. The van der Waals surface area contributed by atoms with Crippen molar-refractivity contribution in [1.29, 1.82) is 0 Å². The number of nitrogens with one attached hydrogen (secondary N) is 1. The van der Waals surface area contributed by atoms with Gasteiger partial charge in [0.25, 0.3) is 11.4 Å². The van der Waals surface area contributed by atoms with Gasteiger partial charge in [-0.1, -0.05) is 0 Å². The second-order valence-electron chi connectivity index (χ2n) is 4.01. The molecule has 0 spiro atoms. The fraction of sp³-hybridized carbons (Fsp3) is 0.545. The van der Waals surface area contributed by atoms with E-state index in [4.69, 9.17) is 9.47 Å². The van der Waals surface area contributed by atoms with E-state index in [2.05, 4.69) is 14.7 Å². The van der Waals surface area contributed by atoms with Gasteiger partial charge in [0.15, 0.2) is 6.61 Å². The molecule has 2 N–H and O–H groups in total. The number of hydrogen-bond acceptors (Lipinski definition) is 8. The van der Waals surface area contributed by atoms with Crippen LogP contribution in [0.5, 0.6) is 11.6 Å². The van der Waals surface area contributed by atoms with Crippen LogP contribution in [0.25, 0.3) is 0 Å². The fourth-order valence-corrected chi connectivity index (χ4v) is 1.68. The minimum Gasteiger partial charge on any atom is -0.490 e. The second kappa shape index (κ2) is 6.24. The van der Waals surface area contributed by atoms with Crippen LogP contribution in [0.1, 0.15) is 0 Å². The standard InChI is InChI=1S/C11H15N3O6/c1-18-7(15)6-20-8-9(16)12-11(13-10(8)17)14-2-4-19-5-3-14/h2-6H2,1H3,(H2,12,13,16,17). The Morgan fingerprint density at radius 3 is 2.80 bits per heavy atom. The van der Waals surface area contributed by atoms with Gasteiger partial charge in [-0.25, -0.2) is 4.79 Å². The van der Waals surface area contributed by atoms with Crippen molar-refractivity contribution in [3.05, 3.63) is 10.4 Å². The first-order valence-electron chi connectivity index (χ1n) is 5.97. The summed E-state index contributed by atoms with van der Waals surface area (Å²) in [5.74, 6) is -1.41. The summed E-state index contributed by atoms with van der Waals surface area (Å²) in [4.78, 5) is 30.9. The molecule has 2 rings (SSSR count). The molecule has 0 atom stereocenters. The van der Waals surface area contributed by atoms with Crippen LogP contribution in [0.3, 0.4) is 0 Å². The van der Waals surface area contributed by atoms with Crippen molar-refractivity contribution in [2.24, 2.45) is 0 Å². The number of ether oxygens (including phenoxy) is 3. The maximum atomic E-state index is 11.8. The number of H-pyrrole nitrogens is 1. The van der Waals surface area contributed by atoms with Crippen molar-refractivity contribution in [2.75, 3.05) is 44.9 Å². The summed E-state index contributed by atoms with van der Waals surface area (Å²) in [5, 5.41) is 9.72. The number of nitrogens with zero attached hydrogens (tertiary/aromatic N) is 2. The Bertz CT molecular complexity index is 537. The monoisotopic (exact) mass is 285 g/mol. The number of rotatable bonds is 4. The molecule has 20 heavy (non-hydrogen) atoms. The molecule has 2 heterocycles. The number of methoxy groups -OCH3 is 1. The van der Waals surface area contributed by atoms with Crippen molar-refractivity contribution in [3.63, 3.8) is 0 Å². The summed E-state index contributed by atoms with van der Waals surface area (Å²) in [6.07, 6.45) is 0. The molecule has 9 heteroatoms. The van der Waals surface area contributed by atoms with Gasteiger partial charge in [-0.15, -0.1) is 0 Å².